The van der Waals surface area contributed by atoms with Gasteiger partial charge < -0.3 is 9.64 Å². The van der Waals surface area contributed by atoms with Crippen molar-refractivity contribution in [2.45, 2.75) is 38.6 Å². The number of aromatic nitrogens is 2. The lowest BCUT2D eigenvalue weighted by molar-refractivity contribution is -0.137. The summed E-state index contributed by atoms with van der Waals surface area (Å²) < 4.78 is 47.4. The smallest absolute Gasteiger partial charge is 0.376 e. The number of carbonyl (C=O) groups is 1. The number of hydrogen-bond donors (Lipinski definition) is 0. The van der Waals surface area contributed by atoms with E-state index in [1.54, 1.807) is 0 Å². The molecule has 0 saturated carbocycles. The maximum absolute atomic E-state index is 13.6. The van der Waals surface area contributed by atoms with E-state index in [2.05, 4.69) is 5.10 Å². The van der Waals surface area contributed by atoms with Gasteiger partial charge in [0.1, 0.15) is 0 Å². The normalized spacial score (nSPS) is 16.2. The van der Waals surface area contributed by atoms with Crippen molar-refractivity contribution in [3.8, 4) is 5.69 Å². The highest BCUT2D eigenvalue weighted by Crippen LogP contribution is 2.33. The Morgan fingerprint density at radius 3 is 2.73 bits per heavy atom. The minimum absolute atomic E-state index is 0.160. The minimum Gasteiger partial charge on any atom is -0.376 e. The second-order valence-electron chi connectivity index (χ2n) is 7.83. The van der Waals surface area contributed by atoms with Gasteiger partial charge in [-0.2, -0.15) is 18.3 Å². The van der Waals surface area contributed by atoms with E-state index >= 15 is 0 Å². The number of hydrogen-bond acceptors (Lipinski definition) is 5. The van der Waals surface area contributed by atoms with Crippen LogP contribution in [0.1, 0.15) is 39.5 Å². The summed E-state index contributed by atoms with van der Waals surface area (Å²) in [6.07, 6.45) is -3.11. The summed E-state index contributed by atoms with van der Waals surface area (Å²) in [5.74, 6) is -0.637. The highest BCUT2D eigenvalue weighted by molar-refractivity contribution is 7.09. The van der Waals surface area contributed by atoms with Gasteiger partial charge in [0, 0.05) is 29.8 Å². The third-order valence-electron chi connectivity index (χ3n) is 5.41. The molecule has 1 saturated heterocycles. The SMILES string of the molecule is Cc1cc(=O)c(C(=O)N(Cc2cccs2)CC2CCCO2)nn1-c1ccccc1C(F)(F)F. The van der Waals surface area contributed by atoms with Crippen molar-refractivity contribution in [1.82, 2.24) is 14.7 Å². The average Bonchev–Trinajstić information content (AvgIpc) is 3.47. The molecule has 3 aromatic rings. The molecule has 1 aliphatic heterocycles. The van der Waals surface area contributed by atoms with E-state index < -0.39 is 28.8 Å². The Labute approximate surface area is 192 Å². The van der Waals surface area contributed by atoms with Crippen molar-refractivity contribution < 1.29 is 22.7 Å². The van der Waals surface area contributed by atoms with Crippen molar-refractivity contribution in [2.24, 2.45) is 0 Å². The second kappa shape index (κ2) is 9.48. The second-order valence-corrected chi connectivity index (χ2v) is 8.86. The van der Waals surface area contributed by atoms with Crippen LogP contribution in [0, 0.1) is 6.92 Å². The molecule has 1 fully saturated rings. The van der Waals surface area contributed by atoms with Crippen LogP contribution in [0.25, 0.3) is 5.69 Å². The van der Waals surface area contributed by atoms with E-state index in [4.69, 9.17) is 4.74 Å². The van der Waals surface area contributed by atoms with Crippen LogP contribution in [-0.2, 0) is 17.5 Å². The number of carbonyl (C=O) groups excluding carboxylic acids is 1. The van der Waals surface area contributed by atoms with E-state index in [1.807, 2.05) is 17.5 Å². The van der Waals surface area contributed by atoms with Crippen LogP contribution in [0.4, 0.5) is 13.2 Å². The number of benzene rings is 1. The molecule has 0 spiro atoms. The minimum atomic E-state index is -4.62. The van der Waals surface area contributed by atoms with Gasteiger partial charge in [-0.25, -0.2) is 4.68 Å². The van der Waals surface area contributed by atoms with Gasteiger partial charge in [-0.1, -0.05) is 18.2 Å². The highest BCUT2D eigenvalue weighted by Gasteiger charge is 2.34. The van der Waals surface area contributed by atoms with Gasteiger partial charge in [-0.15, -0.1) is 11.3 Å². The highest BCUT2D eigenvalue weighted by atomic mass is 32.1. The van der Waals surface area contributed by atoms with E-state index in [0.29, 0.717) is 6.61 Å². The molecule has 6 nitrogen and oxygen atoms in total. The van der Waals surface area contributed by atoms with E-state index in [-0.39, 0.29) is 30.6 Å². The molecule has 1 aliphatic rings. The Hall–Kier alpha value is -2.98. The molecule has 4 rings (SSSR count). The van der Waals surface area contributed by atoms with E-state index in [0.717, 1.165) is 34.5 Å². The Morgan fingerprint density at radius 1 is 1.27 bits per heavy atom. The molecule has 0 bridgehead atoms. The van der Waals surface area contributed by atoms with Gasteiger partial charge in [-0.3, -0.25) is 9.59 Å². The lowest BCUT2D eigenvalue weighted by Crippen LogP contribution is -2.40. The quantitative estimate of drug-likeness (QED) is 0.527. The molecule has 1 unspecified atom stereocenters. The molecule has 10 heteroatoms. The third kappa shape index (κ3) is 5.17. The standard InChI is InChI=1S/C23H22F3N3O3S/c1-15-12-20(30)21(27-29(15)19-9-3-2-8-18(19)23(24,25)26)22(31)28(13-16-6-4-10-32-16)14-17-7-5-11-33-17/h2-3,5,7-9,11-12,16H,4,6,10,13-14H2,1H3. The summed E-state index contributed by atoms with van der Waals surface area (Å²) in [5, 5.41) is 6.00. The molecule has 1 aromatic carbocycles. The van der Waals surface area contributed by atoms with Crippen LogP contribution >= 0.6 is 11.3 Å². The third-order valence-corrected chi connectivity index (χ3v) is 6.27. The molecule has 33 heavy (non-hydrogen) atoms. The maximum Gasteiger partial charge on any atom is 0.418 e. The number of aryl methyl sites for hydroxylation is 1. The Morgan fingerprint density at radius 2 is 2.06 bits per heavy atom. The number of alkyl halides is 3. The fourth-order valence-corrected chi connectivity index (χ4v) is 4.55. The number of rotatable bonds is 6. The first kappa shape index (κ1) is 23.2. The first-order chi connectivity index (χ1) is 15.7. The lowest BCUT2D eigenvalue weighted by Gasteiger charge is -2.25. The first-order valence-corrected chi connectivity index (χ1v) is 11.3. The van der Waals surface area contributed by atoms with Crippen LogP contribution in [0.2, 0.25) is 0 Å². The first-order valence-electron chi connectivity index (χ1n) is 10.4. The van der Waals surface area contributed by atoms with Crippen molar-refractivity contribution in [3.63, 3.8) is 0 Å². The van der Waals surface area contributed by atoms with Gasteiger partial charge in [0.25, 0.3) is 5.91 Å². The van der Waals surface area contributed by atoms with Crippen LogP contribution in [0.3, 0.4) is 0 Å². The number of halogens is 3. The number of amides is 1. The van der Waals surface area contributed by atoms with Crippen LogP contribution in [0.15, 0.2) is 52.6 Å². The van der Waals surface area contributed by atoms with E-state index in [1.165, 1.54) is 41.4 Å². The summed E-state index contributed by atoms with van der Waals surface area (Å²) in [7, 11) is 0. The van der Waals surface area contributed by atoms with Gasteiger partial charge in [0.15, 0.2) is 5.69 Å². The fraction of sp³-hybridized carbons (Fsp3) is 0.348. The van der Waals surface area contributed by atoms with E-state index in [9.17, 15) is 22.8 Å². The maximum atomic E-state index is 13.6. The zero-order chi connectivity index (χ0) is 23.6. The summed E-state index contributed by atoms with van der Waals surface area (Å²) in [4.78, 5) is 28.6. The van der Waals surface area contributed by atoms with Crippen LogP contribution in [0.5, 0.6) is 0 Å². The Balaban J connectivity index is 1.74. The molecular weight excluding hydrogens is 455 g/mol. The van der Waals surface area contributed by atoms with Gasteiger partial charge in [-0.05, 0) is 43.3 Å². The summed E-state index contributed by atoms with van der Waals surface area (Å²) in [5.41, 5.74) is -2.02. The van der Waals surface area contributed by atoms with Crippen LogP contribution in [-0.4, -0.2) is 39.8 Å². The van der Waals surface area contributed by atoms with Crippen molar-refractivity contribution in [1.29, 1.82) is 0 Å². The zero-order valence-corrected chi connectivity index (χ0v) is 18.7. The molecule has 1 atom stereocenters. The molecular formula is C23H22F3N3O3S. The molecule has 1 amide bonds. The summed E-state index contributed by atoms with van der Waals surface area (Å²) in [6.45, 7) is 2.61. The molecule has 0 N–H and O–H groups in total. The van der Waals surface area contributed by atoms with Crippen molar-refractivity contribution in [2.75, 3.05) is 13.2 Å². The number of para-hydroxylation sites is 1. The lowest BCUT2D eigenvalue weighted by atomic mass is 10.1. The molecule has 174 valence electrons. The van der Waals surface area contributed by atoms with Gasteiger partial charge in [0.2, 0.25) is 5.43 Å². The van der Waals surface area contributed by atoms with Gasteiger partial charge in [0.05, 0.1) is 23.9 Å². The number of ether oxygens (including phenoxy) is 1. The zero-order valence-electron chi connectivity index (χ0n) is 17.8. The predicted octanol–water partition coefficient (Wildman–Crippen LogP) is 4.44. The number of nitrogens with zero attached hydrogens (tertiary/aromatic N) is 3. The monoisotopic (exact) mass is 477 g/mol. The molecule has 3 heterocycles. The van der Waals surface area contributed by atoms with Crippen molar-refractivity contribution >= 4 is 17.2 Å². The Bertz CT molecular complexity index is 1190. The summed E-state index contributed by atoms with van der Waals surface area (Å²) in [6, 6.07) is 9.81. The van der Waals surface area contributed by atoms with Crippen molar-refractivity contribution in [3.05, 3.63) is 79.9 Å². The largest absolute Gasteiger partial charge is 0.418 e. The predicted molar refractivity (Wildman–Crippen MR) is 118 cm³/mol. The molecule has 0 aliphatic carbocycles. The van der Waals surface area contributed by atoms with Gasteiger partial charge >= 0.3 is 6.18 Å². The Kier molecular flexibility index (Phi) is 6.66. The molecule has 0 radical (unpaired) electrons. The van der Waals surface area contributed by atoms with Crippen LogP contribution < -0.4 is 5.43 Å². The fourth-order valence-electron chi connectivity index (χ4n) is 3.83. The number of thiophene rings is 1. The molecule has 2 aromatic heterocycles. The summed E-state index contributed by atoms with van der Waals surface area (Å²) >= 11 is 1.47. The topological polar surface area (TPSA) is 64.4 Å². The average molecular weight is 478 g/mol.